The predicted octanol–water partition coefficient (Wildman–Crippen LogP) is 3.69. The van der Waals surface area contributed by atoms with Crippen LogP contribution in [0.15, 0.2) is 30.5 Å². The second-order valence-corrected chi connectivity index (χ2v) is 7.34. The molecule has 0 aliphatic carbocycles. The van der Waals surface area contributed by atoms with Crippen LogP contribution in [0.2, 0.25) is 0 Å². The van der Waals surface area contributed by atoms with Gasteiger partial charge in [0.1, 0.15) is 29.2 Å². The van der Waals surface area contributed by atoms with E-state index in [-0.39, 0.29) is 17.3 Å². The summed E-state index contributed by atoms with van der Waals surface area (Å²) >= 11 is 0. The van der Waals surface area contributed by atoms with Crippen molar-refractivity contribution in [3.05, 3.63) is 36.3 Å². The highest BCUT2D eigenvalue weighted by Gasteiger charge is 2.27. The Morgan fingerprint density at radius 2 is 2.10 bits per heavy atom. The Morgan fingerprint density at radius 3 is 2.81 bits per heavy atom. The van der Waals surface area contributed by atoms with Crippen LogP contribution in [-0.4, -0.2) is 63.1 Å². The molecule has 3 aromatic rings. The van der Waals surface area contributed by atoms with Gasteiger partial charge < -0.3 is 15.2 Å². The molecular weight excluding hydrogens is 418 g/mol. The van der Waals surface area contributed by atoms with E-state index < -0.39 is 30.1 Å². The Labute approximate surface area is 175 Å². The topological polar surface area (TPSA) is 74.9 Å². The van der Waals surface area contributed by atoms with Crippen LogP contribution in [0.4, 0.5) is 23.5 Å². The van der Waals surface area contributed by atoms with Gasteiger partial charge in [0.25, 0.3) is 0 Å². The first-order chi connectivity index (χ1) is 14.9. The fraction of sp³-hybridized carbons (Fsp3) is 0.400. The maximum Gasteiger partial charge on any atom is 0.387 e. The molecule has 3 heterocycles. The maximum atomic E-state index is 14.7. The van der Waals surface area contributed by atoms with Crippen LogP contribution >= 0.6 is 0 Å². The van der Waals surface area contributed by atoms with E-state index in [1.54, 1.807) is 22.7 Å². The van der Waals surface area contributed by atoms with Gasteiger partial charge in [-0.3, -0.25) is 9.30 Å². The Hall–Kier alpha value is -3.08. The molecule has 2 N–H and O–H groups in total. The number of rotatable bonds is 6. The van der Waals surface area contributed by atoms with Crippen molar-refractivity contribution in [1.29, 1.82) is 0 Å². The monoisotopic (exact) mass is 439 g/mol. The second-order valence-electron chi connectivity index (χ2n) is 7.34. The molecule has 31 heavy (non-hydrogen) atoms. The van der Waals surface area contributed by atoms with Gasteiger partial charge in [-0.15, -0.1) is 10.2 Å². The van der Waals surface area contributed by atoms with E-state index >= 15 is 0 Å². The first-order valence-electron chi connectivity index (χ1n) is 9.80. The molecule has 166 valence electrons. The van der Waals surface area contributed by atoms with Crippen LogP contribution in [0.25, 0.3) is 16.8 Å². The van der Waals surface area contributed by atoms with E-state index in [2.05, 4.69) is 20.3 Å². The number of fused-ring (bicyclic) bond motifs is 1. The standard InChI is InChI=1S/C20H21F4N5O2/c1-2-28-9-11(21)6-12(10-28)25-20-27-26-18(15-4-3-5-29(15)20)17-14(22)7-13(8-16(17)30)31-19(23)24/h3-5,7-8,11-12,19,30H,2,6,9-10H2,1H3,(H,25,27)/t11-,12-/m1/s1. The third-order valence-electron chi connectivity index (χ3n) is 5.22. The molecule has 0 amide bonds. The molecule has 11 heteroatoms. The molecule has 0 bridgehead atoms. The van der Waals surface area contributed by atoms with Crippen molar-refractivity contribution in [3.8, 4) is 22.8 Å². The largest absolute Gasteiger partial charge is 0.507 e. The van der Waals surface area contributed by atoms with Gasteiger partial charge in [0.15, 0.2) is 0 Å². The van der Waals surface area contributed by atoms with Gasteiger partial charge in [-0.1, -0.05) is 6.92 Å². The molecule has 1 aliphatic rings. The zero-order valence-electron chi connectivity index (χ0n) is 16.6. The quantitative estimate of drug-likeness (QED) is 0.571. The number of hydrogen-bond acceptors (Lipinski definition) is 6. The molecule has 1 aliphatic heterocycles. The number of alkyl halides is 3. The summed E-state index contributed by atoms with van der Waals surface area (Å²) in [5.74, 6) is -1.76. The lowest BCUT2D eigenvalue weighted by atomic mass is 10.0. The van der Waals surface area contributed by atoms with E-state index in [1.165, 1.54) is 0 Å². The highest BCUT2D eigenvalue weighted by molar-refractivity contribution is 5.82. The van der Waals surface area contributed by atoms with Gasteiger partial charge in [-0.2, -0.15) is 8.78 Å². The van der Waals surface area contributed by atoms with Crippen molar-refractivity contribution in [3.63, 3.8) is 0 Å². The number of anilines is 1. The molecule has 2 atom stereocenters. The van der Waals surface area contributed by atoms with Crippen molar-refractivity contribution >= 4 is 11.5 Å². The normalized spacial score (nSPS) is 19.8. The number of hydrogen-bond donors (Lipinski definition) is 2. The smallest absolute Gasteiger partial charge is 0.387 e. The van der Waals surface area contributed by atoms with Crippen LogP contribution in [-0.2, 0) is 0 Å². The number of benzene rings is 1. The Bertz CT molecular complexity index is 1050. The number of piperidine rings is 1. The van der Waals surface area contributed by atoms with Crippen molar-refractivity contribution in [2.45, 2.75) is 32.2 Å². The number of likely N-dealkylation sites (N-methyl/N-ethyl adjacent to an activating group) is 1. The van der Waals surface area contributed by atoms with Gasteiger partial charge in [-0.05, 0) is 18.7 Å². The Kier molecular flexibility index (Phi) is 5.86. The summed E-state index contributed by atoms with van der Waals surface area (Å²) in [7, 11) is 0. The van der Waals surface area contributed by atoms with E-state index in [9.17, 15) is 22.7 Å². The lowest BCUT2D eigenvalue weighted by molar-refractivity contribution is -0.0500. The summed E-state index contributed by atoms with van der Waals surface area (Å²) in [4.78, 5) is 2.00. The van der Waals surface area contributed by atoms with E-state index in [0.29, 0.717) is 31.0 Å². The van der Waals surface area contributed by atoms with Gasteiger partial charge in [0, 0.05) is 43.9 Å². The SMILES string of the molecule is CCN1C[C@H](F)C[C@@H](Nc2nnc(-c3c(O)cc(OC(F)F)cc3F)c3cccn23)C1. The summed E-state index contributed by atoms with van der Waals surface area (Å²) < 4.78 is 59.3. The lowest BCUT2D eigenvalue weighted by Gasteiger charge is -2.34. The third-order valence-corrected chi connectivity index (χ3v) is 5.22. The molecule has 1 saturated heterocycles. The number of phenolic OH excluding ortho intramolecular Hbond substituents is 1. The lowest BCUT2D eigenvalue weighted by Crippen LogP contribution is -2.47. The van der Waals surface area contributed by atoms with Crippen LogP contribution in [0, 0.1) is 5.82 Å². The number of ether oxygens (including phenoxy) is 1. The molecule has 0 radical (unpaired) electrons. The Balaban J connectivity index is 1.68. The number of phenols is 1. The zero-order chi connectivity index (χ0) is 22.1. The summed E-state index contributed by atoms with van der Waals surface area (Å²) in [5, 5.41) is 21.6. The van der Waals surface area contributed by atoms with Gasteiger partial charge in [0.05, 0.1) is 11.1 Å². The maximum absolute atomic E-state index is 14.7. The zero-order valence-corrected chi connectivity index (χ0v) is 16.6. The molecule has 0 unspecified atom stereocenters. The number of aromatic nitrogens is 3. The van der Waals surface area contributed by atoms with Gasteiger partial charge >= 0.3 is 6.61 Å². The Morgan fingerprint density at radius 1 is 1.29 bits per heavy atom. The minimum atomic E-state index is -3.15. The van der Waals surface area contributed by atoms with Crippen LogP contribution in [0.1, 0.15) is 13.3 Å². The van der Waals surface area contributed by atoms with Gasteiger partial charge in [0.2, 0.25) is 5.95 Å². The number of aromatic hydroxyl groups is 1. The van der Waals surface area contributed by atoms with E-state index in [0.717, 1.165) is 18.7 Å². The number of nitrogens with one attached hydrogen (secondary N) is 1. The van der Waals surface area contributed by atoms with Crippen LogP contribution < -0.4 is 10.1 Å². The minimum absolute atomic E-state index is 0.0244. The average molecular weight is 439 g/mol. The average Bonchev–Trinajstić information content (AvgIpc) is 3.18. The first kappa shape index (κ1) is 21.2. The van der Waals surface area contributed by atoms with Crippen LogP contribution in [0.5, 0.6) is 11.5 Å². The summed E-state index contributed by atoms with van der Waals surface area (Å²) in [6.45, 7) is 0.574. The summed E-state index contributed by atoms with van der Waals surface area (Å²) in [6, 6.07) is 4.78. The molecule has 0 saturated carbocycles. The van der Waals surface area contributed by atoms with Gasteiger partial charge in [-0.25, -0.2) is 8.78 Å². The van der Waals surface area contributed by atoms with Crippen molar-refractivity contribution in [1.82, 2.24) is 19.5 Å². The fourth-order valence-electron chi connectivity index (χ4n) is 3.87. The summed E-state index contributed by atoms with van der Waals surface area (Å²) in [6.07, 6.45) is 1.04. The molecule has 4 rings (SSSR count). The number of halogens is 4. The first-order valence-corrected chi connectivity index (χ1v) is 9.80. The molecule has 7 nitrogen and oxygen atoms in total. The number of nitrogens with zero attached hydrogens (tertiary/aromatic N) is 4. The second kappa shape index (κ2) is 8.58. The van der Waals surface area contributed by atoms with Crippen molar-refractivity contribution in [2.75, 3.05) is 25.0 Å². The fourth-order valence-corrected chi connectivity index (χ4v) is 3.87. The van der Waals surface area contributed by atoms with Crippen molar-refractivity contribution in [2.24, 2.45) is 0 Å². The number of likely N-dealkylation sites (tertiary alicyclic amines) is 1. The van der Waals surface area contributed by atoms with Crippen LogP contribution in [0.3, 0.4) is 0 Å². The minimum Gasteiger partial charge on any atom is -0.507 e. The van der Waals surface area contributed by atoms with E-state index in [4.69, 9.17) is 0 Å². The van der Waals surface area contributed by atoms with E-state index in [1.807, 2.05) is 11.8 Å². The predicted molar refractivity (Wildman–Crippen MR) is 106 cm³/mol. The molecule has 0 spiro atoms. The summed E-state index contributed by atoms with van der Waals surface area (Å²) in [5.41, 5.74) is 0.161. The third kappa shape index (κ3) is 4.36. The highest BCUT2D eigenvalue weighted by atomic mass is 19.3. The molecule has 2 aromatic heterocycles. The molecule has 1 fully saturated rings. The molecular formula is C20H21F4N5O2. The highest BCUT2D eigenvalue weighted by Crippen LogP contribution is 2.37. The van der Waals surface area contributed by atoms with Crippen molar-refractivity contribution < 1.29 is 27.4 Å². The molecule has 1 aromatic carbocycles.